The fourth-order valence-electron chi connectivity index (χ4n) is 12.7. The van der Waals surface area contributed by atoms with Crippen molar-refractivity contribution in [1.82, 2.24) is 86.0 Å². The minimum absolute atomic E-state index is 0.0153. The maximum Gasteiger partial charge on any atom is 0.290 e. The molecule has 4 aliphatic rings. The van der Waals surface area contributed by atoms with Crippen molar-refractivity contribution in [3.05, 3.63) is 226 Å². The van der Waals surface area contributed by atoms with E-state index in [1.54, 1.807) is 67.9 Å². The summed E-state index contributed by atoms with van der Waals surface area (Å²) in [6.07, 6.45) is 30.0. The highest BCUT2D eigenvalue weighted by atomic mass is 79.9. The van der Waals surface area contributed by atoms with Crippen LogP contribution in [-0.4, -0.2) is 160 Å². The zero-order chi connectivity index (χ0) is 76.1. The van der Waals surface area contributed by atoms with Crippen molar-refractivity contribution in [3.63, 3.8) is 0 Å². The summed E-state index contributed by atoms with van der Waals surface area (Å²) in [6.45, 7) is 10.9. The number of nitro benzene ring substituents is 2. The molecule has 0 saturated carbocycles. The predicted molar refractivity (Wildman–Crippen MR) is 424 cm³/mol. The van der Waals surface area contributed by atoms with Gasteiger partial charge in [-0.3, -0.25) is 29.8 Å². The number of carbonyl (C=O) groups is 2. The third kappa shape index (κ3) is 21.8. The first kappa shape index (κ1) is 78.5. The predicted octanol–water partition coefficient (Wildman–Crippen LogP) is 12.7. The molecule has 5 N–H and O–H groups in total. The number of hydrogen-bond acceptors (Lipinski definition) is 27. The fraction of sp³-hybridized carbons (Fsp3) is 0.278. The average Bonchev–Trinajstić information content (AvgIpc) is 1.49. The van der Waals surface area contributed by atoms with Crippen LogP contribution in [0.2, 0.25) is 5.15 Å². The molecule has 4 aliphatic heterocycles. The van der Waals surface area contributed by atoms with Crippen LogP contribution in [-0.2, 0) is 35.3 Å². The number of carboxylic acid groups (broad SMARTS) is 1. The molecule has 0 radical (unpaired) electrons. The van der Waals surface area contributed by atoms with E-state index in [4.69, 9.17) is 27.2 Å². The lowest BCUT2D eigenvalue weighted by molar-refractivity contribution is -0.384. The minimum atomic E-state index is -0.465. The van der Waals surface area contributed by atoms with Crippen molar-refractivity contribution in [1.29, 1.82) is 0 Å². The normalized spacial score (nSPS) is 16.3. The quantitative estimate of drug-likeness (QED) is 0.0243. The first-order valence-corrected chi connectivity index (χ1v) is 37.4. The molecule has 12 heterocycles. The van der Waals surface area contributed by atoms with E-state index >= 15 is 0 Å². The summed E-state index contributed by atoms with van der Waals surface area (Å²) in [5, 5.41) is 74.3. The molecule has 16 rings (SSSR count). The molecule has 4 atom stereocenters. The molecule has 4 aromatic carbocycles. The van der Waals surface area contributed by atoms with Crippen molar-refractivity contribution in [2.75, 3.05) is 78.1 Å². The first-order valence-electron chi connectivity index (χ1n) is 33.9. The number of nitrogens with zero attached hydrogens (tertiary/aromatic N) is 21. The molecular formula is C72H69Br4ClN24O7. The summed E-state index contributed by atoms with van der Waals surface area (Å²) in [7, 11) is 0. The molecule has 0 bridgehead atoms. The van der Waals surface area contributed by atoms with E-state index < -0.39 is 9.85 Å². The number of aromatic nitrogens is 16. The van der Waals surface area contributed by atoms with Crippen LogP contribution in [0.1, 0.15) is 49.0 Å². The molecule has 1 amide bonds. The molecule has 0 unspecified atom stereocenters. The van der Waals surface area contributed by atoms with Gasteiger partial charge in [0.1, 0.15) is 23.3 Å². The Kier molecular flexibility index (Phi) is 27.8. The largest absolute Gasteiger partial charge is 0.483 e. The monoisotopic (exact) mass is 1730 g/mol. The van der Waals surface area contributed by atoms with Crippen LogP contribution in [0.3, 0.4) is 0 Å². The Balaban J connectivity index is 0.000000137. The van der Waals surface area contributed by atoms with Gasteiger partial charge in [0, 0.05) is 193 Å². The Morgan fingerprint density at radius 1 is 0.528 bits per heavy atom. The number of nitrogen functional groups attached to an aromatic ring is 1. The number of nitrogens with one attached hydrogen (secondary N) is 2. The van der Waals surface area contributed by atoms with Crippen LogP contribution in [0.15, 0.2) is 178 Å². The van der Waals surface area contributed by atoms with Crippen LogP contribution in [0.5, 0.6) is 0 Å². The Bertz CT molecular complexity index is 5110. The smallest absolute Gasteiger partial charge is 0.290 e. The van der Waals surface area contributed by atoms with Crippen LogP contribution >= 0.6 is 75.3 Å². The molecule has 8 aromatic heterocycles. The van der Waals surface area contributed by atoms with Gasteiger partial charge in [0.15, 0.2) is 22.6 Å². The maximum atomic E-state index is 11.5. The van der Waals surface area contributed by atoms with E-state index in [2.05, 4.69) is 176 Å². The van der Waals surface area contributed by atoms with E-state index in [0.29, 0.717) is 34.2 Å². The lowest BCUT2D eigenvalue weighted by atomic mass is 10.0. The Morgan fingerprint density at radius 2 is 0.880 bits per heavy atom. The zero-order valence-corrected chi connectivity index (χ0v) is 64.7. The Labute approximate surface area is 656 Å². The number of hydrogen-bond donors (Lipinski definition) is 4. The second kappa shape index (κ2) is 38.3. The summed E-state index contributed by atoms with van der Waals surface area (Å²) >= 11 is 19.1. The average molecular weight is 1740 g/mol. The second-order valence-electron chi connectivity index (χ2n) is 25.4. The highest BCUT2D eigenvalue weighted by molar-refractivity contribution is 9.11. The van der Waals surface area contributed by atoms with Crippen molar-refractivity contribution < 1.29 is 24.5 Å². The van der Waals surface area contributed by atoms with Gasteiger partial charge in [0.2, 0.25) is 5.91 Å². The Hall–Kier alpha value is -10.6. The van der Waals surface area contributed by atoms with Crippen LogP contribution in [0.4, 0.5) is 40.2 Å². The number of carbonyl (C=O) groups excluding carboxylic acids is 1. The number of fused-ring (bicyclic) bond motifs is 4. The number of halogens is 5. The molecule has 0 spiro atoms. The number of nitro groups is 2. The Morgan fingerprint density at radius 3 is 1.27 bits per heavy atom. The van der Waals surface area contributed by atoms with Crippen molar-refractivity contribution in [2.45, 2.75) is 51.4 Å². The number of non-ortho nitro benzene ring substituents is 2. The van der Waals surface area contributed by atoms with E-state index in [1.807, 2.05) is 48.8 Å². The van der Waals surface area contributed by atoms with Gasteiger partial charge in [0.25, 0.3) is 17.8 Å². The molecule has 31 nitrogen and oxygen atoms in total. The van der Waals surface area contributed by atoms with E-state index in [-0.39, 0.29) is 28.9 Å². The topological polar surface area (TPSA) is 407 Å². The van der Waals surface area contributed by atoms with Gasteiger partial charge in [-0.15, -0.1) is 20.4 Å². The fourth-order valence-corrected chi connectivity index (χ4v) is 13.8. The van der Waals surface area contributed by atoms with E-state index in [1.165, 1.54) is 43.0 Å². The first-order chi connectivity index (χ1) is 52.3. The highest BCUT2D eigenvalue weighted by Crippen LogP contribution is 2.35. The van der Waals surface area contributed by atoms with Crippen LogP contribution in [0.25, 0.3) is 43.1 Å². The SMILES string of the molecule is Brc1cnc(C[C@@H]2CCNC2)nc1.C=CC(=O)Nc1ccc2c(N3CC[C@@H](Cc4ncc(Br)cn4)C3)nncc2c1.Nc1ccc2c(N3CC[C@@H](Cc4ncc(Br)cn4)C3)nncc2c1.O=CO.O=[N+]([O-])c1ccc2c(Cl)nncc2c1.O=[N+]([O-])c1ccc2c(N3CC[C@@H](Cc4ncc(Br)cn4)C3)nncc2c1. The van der Waals surface area contributed by atoms with Crippen molar-refractivity contribution in [2.24, 2.45) is 23.7 Å². The summed E-state index contributed by atoms with van der Waals surface area (Å²) in [5.41, 5.74) is 7.40. The minimum Gasteiger partial charge on any atom is -0.483 e. The molecule has 4 fully saturated rings. The molecule has 108 heavy (non-hydrogen) atoms. The van der Waals surface area contributed by atoms with Gasteiger partial charge >= 0.3 is 0 Å². The summed E-state index contributed by atoms with van der Waals surface area (Å²) in [6, 6.07) is 20.8. The van der Waals surface area contributed by atoms with Gasteiger partial charge in [-0.25, -0.2) is 39.9 Å². The van der Waals surface area contributed by atoms with Gasteiger partial charge in [-0.1, -0.05) is 18.2 Å². The standard InChI is InChI=1S/C20H19BrN6O.C17H15BrN6O2.C17H17BrN6.C9H12BrN3.C8H4ClN3O2.CH2O2/c1-2-19(28)25-16-3-4-17-14(8-16)9-24-26-20(17)27-6-5-13(12-27)7-18-22-10-15(21)11-23-18;18-13-8-19-16(20-9-13)5-11-3-4-23(10-11)17-15-2-1-14(24(25)26)6-12(15)7-21-22-17;18-13-8-20-16(21-9-13)5-11-3-4-24(10-11)17-15-2-1-14(19)6-12(15)7-22-23-17;10-8-5-12-9(13-6-8)3-7-1-2-11-4-7;9-8-7-2-1-6(12(13)14)3-5(7)4-10-11-8;2-1-3/h2-4,8-11,13H,1,5-7,12H2,(H,25,28);1-2,6-9,11H,3-5,10H2;1-2,6-9,11H,3-5,10,19H2;5-7,11H,1-4H2;1-4H;1H,(H,2,3)/t13-;2*11-;7-;;/m0000../s1. The van der Waals surface area contributed by atoms with Gasteiger partial charge in [0.05, 0.1) is 52.5 Å². The number of benzene rings is 4. The molecular weight excluding hydrogens is 1670 g/mol. The summed E-state index contributed by atoms with van der Waals surface area (Å²) < 4.78 is 3.61. The summed E-state index contributed by atoms with van der Waals surface area (Å²) in [4.78, 5) is 81.9. The second-order valence-corrected chi connectivity index (χ2v) is 29.4. The lowest BCUT2D eigenvalue weighted by Crippen LogP contribution is -2.22. The molecule has 554 valence electrons. The third-order valence-corrected chi connectivity index (χ3v) is 19.8. The summed E-state index contributed by atoms with van der Waals surface area (Å²) in [5.74, 6) is 8.05. The molecule has 36 heteroatoms. The van der Waals surface area contributed by atoms with Crippen LogP contribution < -0.4 is 31.1 Å². The van der Waals surface area contributed by atoms with Gasteiger partial charge in [-0.05, 0) is 181 Å². The van der Waals surface area contributed by atoms with Gasteiger partial charge < -0.3 is 36.2 Å². The molecule has 4 saturated heterocycles. The van der Waals surface area contributed by atoms with Crippen molar-refractivity contribution >= 4 is 171 Å². The van der Waals surface area contributed by atoms with Crippen molar-refractivity contribution in [3.8, 4) is 0 Å². The number of rotatable bonds is 15. The zero-order valence-electron chi connectivity index (χ0n) is 57.6. The van der Waals surface area contributed by atoms with Crippen LogP contribution in [0, 0.1) is 43.9 Å². The molecule has 0 aliphatic carbocycles. The number of amides is 1. The number of nitrogens with two attached hydrogens (primary N) is 1. The maximum absolute atomic E-state index is 11.5. The van der Waals surface area contributed by atoms with E-state index in [0.717, 1.165) is 200 Å². The molecule has 12 aromatic rings. The van der Waals surface area contributed by atoms with E-state index in [9.17, 15) is 25.0 Å². The lowest BCUT2D eigenvalue weighted by Gasteiger charge is -2.19. The van der Waals surface area contributed by atoms with Gasteiger partial charge in [-0.2, -0.15) is 20.4 Å². The number of anilines is 5. The highest BCUT2D eigenvalue weighted by Gasteiger charge is 2.30. The third-order valence-electron chi connectivity index (χ3n) is 17.9.